The molecular weight excluding hydrogens is 381 g/mol. The molecule has 1 aliphatic heterocycles. The SMILES string of the molecule is CC1CC(=O)C2=C(C1)Nc1nc(C(F)(F)F)nn1C2c1cccc2ccccc12. The van der Waals surface area contributed by atoms with Gasteiger partial charge in [0.2, 0.25) is 5.95 Å². The summed E-state index contributed by atoms with van der Waals surface area (Å²) in [5.74, 6) is -1.17. The maximum atomic E-state index is 13.3. The van der Waals surface area contributed by atoms with E-state index in [0.717, 1.165) is 16.3 Å². The Morgan fingerprint density at radius 1 is 1.10 bits per heavy atom. The molecule has 0 saturated heterocycles. The molecule has 1 N–H and O–H groups in total. The molecule has 0 saturated carbocycles. The van der Waals surface area contributed by atoms with Crippen molar-refractivity contribution in [1.29, 1.82) is 0 Å². The summed E-state index contributed by atoms with van der Waals surface area (Å²) in [6.45, 7) is 1.96. The van der Waals surface area contributed by atoms with Gasteiger partial charge < -0.3 is 5.32 Å². The molecule has 2 aromatic carbocycles. The number of rotatable bonds is 1. The highest BCUT2D eigenvalue weighted by Crippen LogP contribution is 2.43. The number of hydrogen-bond donors (Lipinski definition) is 1. The fourth-order valence-electron chi connectivity index (χ4n) is 4.30. The summed E-state index contributed by atoms with van der Waals surface area (Å²) in [6, 6.07) is 12.5. The summed E-state index contributed by atoms with van der Waals surface area (Å²) in [5, 5.41) is 8.53. The van der Waals surface area contributed by atoms with Crippen LogP contribution in [0.4, 0.5) is 19.1 Å². The summed E-state index contributed by atoms with van der Waals surface area (Å²) >= 11 is 0. The van der Waals surface area contributed by atoms with Crippen molar-refractivity contribution in [3.63, 3.8) is 0 Å². The van der Waals surface area contributed by atoms with E-state index in [1.807, 2.05) is 49.4 Å². The highest BCUT2D eigenvalue weighted by molar-refractivity contribution is 6.00. The first kappa shape index (κ1) is 17.9. The van der Waals surface area contributed by atoms with Gasteiger partial charge in [0.05, 0.1) is 0 Å². The Morgan fingerprint density at radius 2 is 1.86 bits per heavy atom. The summed E-state index contributed by atoms with van der Waals surface area (Å²) in [7, 11) is 0. The molecular formula is C21H17F3N4O. The van der Waals surface area contributed by atoms with Gasteiger partial charge in [-0.15, -0.1) is 5.10 Å². The lowest BCUT2D eigenvalue weighted by atomic mass is 9.80. The van der Waals surface area contributed by atoms with E-state index >= 15 is 0 Å². The van der Waals surface area contributed by atoms with Crippen LogP contribution in [-0.2, 0) is 11.0 Å². The Balaban J connectivity index is 1.79. The third-order valence-corrected chi connectivity index (χ3v) is 5.50. The van der Waals surface area contributed by atoms with Crippen LogP contribution < -0.4 is 5.32 Å². The van der Waals surface area contributed by atoms with E-state index in [1.54, 1.807) is 0 Å². The standard InChI is InChI=1S/C21H17F3N4O/c1-11-9-15-17(16(29)10-11)18(14-8-4-6-12-5-2-3-7-13(12)14)28-20(25-15)26-19(27-28)21(22,23)24/h2-8,11,18H,9-10H2,1H3,(H,25,26,27). The zero-order chi connectivity index (χ0) is 20.3. The molecule has 8 heteroatoms. The highest BCUT2D eigenvalue weighted by atomic mass is 19.4. The number of nitrogens with one attached hydrogen (secondary N) is 1. The molecule has 1 aliphatic carbocycles. The first-order chi connectivity index (χ1) is 13.8. The number of fused-ring (bicyclic) bond motifs is 2. The maximum Gasteiger partial charge on any atom is 0.453 e. The van der Waals surface area contributed by atoms with E-state index in [4.69, 9.17) is 0 Å². The zero-order valence-corrected chi connectivity index (χ0v) is 15.5. The molecule has 148 valence electrons. The van der Waals surface area contributed by atoms with Gasteiger partial charge in [0.25, 0.3) is 5.82 Å². The lowest BCUT2D eigenvalue weighted by molar-refractivity contribution is -0.145. The molecule has 0 spiro atoms. The number of anilines is 1. The van der Waals surface area contributed by atoms with Crippen molar-refractivity contribution in [1.82, 2.24) is 14.8 Å². The molecule has 5 nitrogen and oxygen atoms in total. The van der Waals surface area contributed by atoms with Gasteiger partial charge in [0.15, 0.2) is 5.78 Å². The summed E-state index contributed by atoms with van der Waals surface area (Å²) in [6.07, 6.45) is -3.73. The third kappa shape index (κ3) is 2.82. The molecule has 0 amide bonds. The van der Waals surface area contributed by atoms with Crippen molar-refractivity contribution in [3.05, 3.63) is 65.1 Å². The minimum Gasteiger partial charge on any atom is -0.328 e. The summed E-state index contributed by atoms with van der Waals surface area (Å²) in [4.78, 5) is 16.7. The van der Waals surface area contributed by atoms with E-state index < -0.39 is 18.0 Å². The molecule has 2 atom stereocenters. The van der Waals surface area contributed by atoms with Crippen LogP contribution in [0.5, 0.6) is 0 Å². The molecule has 0 radical (unpaired) electrons. The number of carbonyl (C=O) groups excluding carboxylic acids is 1. The normalized spacial score (nSPS) is 21.7. The topological polar surface area (TPSA) is 59.8 Å². The number of carbonyl (C=O) groups is 1. The monoisotopic (exact) mass is 398 g/mol. The lowest BCUT2D eigenvalue weighted by Crippen LogP contribution is -2.33. The minimum absolute atomic E-state index is 0.0101. The Hall–Kier alpha value is -3.16. The summed E-state index contributed by atoms with van der Waals surface area (Å²) in [5.41, 5.74) is 1.85. The van der Waals surface area contributed by atoms with Gasteiger partial charge in [-0.05, 0) is 28.7 Å². The van der Waals surface area contributed by atoms with Gasteiger partial charge in [-0.25, -0.2) is 4.68 Å². The number of hydrogen-bond acceptors (Lipinski definition) is 4. The number of benzene rings is 2. The summed E-state index contributed by atoms with van der Waals surface area (Å²) < 4.78 is 41.2. The minimum atomic E-state index is -4.67. The van der Waals surface area contributed by atoms with Crippen molar-refractivity contribution in [2.45, 2.75) is 32.0 Å². The number of alkyl halides is 3. The Morgan fingerprint density at radius 3 is 2.66 bits per heavy atom. The molecule has 5 rings (SSSR count). The molecule has 1 aromatic heterocycles. The van der Waals surface area contributed by atoms with Crippen LogP contribution >= 0.6 is 0 Å². The van der Waals surface area contributed by atoms with Crippen molar-refractivity contribution in [2.24, 2.45) is 5.92 Å². The predicted molar refractivity (Wildman–Crippen MR) is 101 cm³/mol. The van der Waals surface area contributed by atoms with Gasteiger partial charge in [-0.1, -0.05) is 49.4 Å². The average molecular weight is 398 g/mol. The molecule has 3 aromatic rings. The number of allylic oxidation sites excluding steroid dienone is 2. The quantitative estimate of drug-likeness (QED) is 0.645. The first-order valence-electron chi connectivity index (χ1n) is 9.37. The third-order valence-electron chi connectivity index (χ3n) is 5.50. The zero-order valence-electron chi connectivity index (χ0n) is 15.5. The molecule has 2 heterocycles. The second kappa shape index (κ2) is 6.17. The van der Waals surface area contributed by atoms with Crippen molar-refractivity contribution >= 4 is 22.5 Å². The fourth-order valence-corrected chi connectivity index (χ4v) is 4.30. The van der Waals surface area contributed by atoms with Gasteiger partial charge in [-0.2, -0.15) is 18.2 Å². The van der Waals surface area contributed by atoms with Crippen LogP contribution in [0, 0.1) is 5.92 Å². The first-order valence-corrected chi connectivity index (χ1v) is 9.37. The second-order valence-electron chi connectivity index (χ2n) is 7.63. The number of Topliss-reactive ketones (excluding diaryl/α,β-unsaturated/α-hetero) is 1. The lowest BCUT2D eigenvalue weighted by Gasteiger charge is -2.34. The second-order valence-corrected chi connectivity index (χ2v) is 7.63. The van der Waals surface area contributed by atoms with Gasteiger partial charge in [0.1, 0.15) is 6.04 Å². The molecule has 0 bridgehead atoms. The van der Waals surface area contributed by atoms with Crippen LogP contribution in [0.3, 0.4) is 0 Å². The fraction of sp³-hybridized carbons (Fsp3) is 0.286. The van der Waals surface area contributed by atoms with Crippen LogP contribution in [0.1, 0.15) is 37.2 Å². The Bertz CT molecular complexity index is 1170. The molecule has 0 fully saturated rings. The number of nitrogens with zero attached hydrogens (tertiary/aromatic N) is 3. The highest BCUT2D eigenvalue weighted by Gasteiger charge is 2.43. The van der Waals surface area contributed by atoms with Gasteiger partial charge >= 0.3 is 6.18 Å². The smallest absolute Gasteiger partial charge is 0.328 e. The van der Waals surface area contributed by atoms with Crippen LogP contribution in [-0.4, -0.2) is 20.5 Å². The predicted octanol–water partition coefficient (Wildman–Crippen LogP) is 4.72. The van der Waals surface area contributed by atoms with Crippen molar-refractivity contribution < 1.29 is 18.0 Å². The number of ketones is 1. The van der Waals surface area contributed by atoms with Gasteiger partial charge in [-0.3, -0.25) is 4.79 Å². The Kier molecular flexibility index (Phi) is 3.81. The van der Waals surface area contributed by atoms with E-state index in [1.165, 1.54) is 4.68 Å². The molecule has 2 unspecified atom stereocenters. The molecule has 2 aliphatic rings. The Labute approximate surface area is 164 Å². The van der Waals surface area contributed by atoms with Crippen LogP contribution in [0.25, 0.3) is 10.8 Å². The maximum absolute atomic E-state index is 13.3. The average Bonchev–Trinajstić information content (AvgIpc) is 3.10. The number of aromatic nitrogens is 3. The van der Waals surface area contributed by atoms with Crippen molar-refractivity contribution in [2.75, 3.05) is 5.32 Å². The largest absolute Gasteiger partial charge is 0.453 e. The van der Waals surface area contributed by atoms with Crippen LogP contribution in [0.2, 0.25) is 0 Å². The van der Waals surface area contributed by atoms with E-state index in [2.05, 4.69) is 15.4 Å². The van der Waals surface area contributed by atoms with Gasteiger partial charge in [0, 0.05) is 17.7 Å². The molecule has 29 heavy (non-hydrogen) atoms. The van der Waals surface area contributed by atoms with E-state index in [9.17, 15) is 18.0 Å². The van der Waals surface area contributed by atoms with Crippen molar-refractivity contribution in [3.8, 4) is 0 Å². The van der Waals surface area contributed by atoms with Crippen LogP contribution in [0.15, 0.2) is 53.7 Å². The number of halogens is 3. The van der Waals surface area contributed by atoms with E-state index in [0.29, 0.717) is 24.1 Å². The van der Waals surface area contributed by atoms with E-state index in [-0.39, 0.29) is 17.6 Å².